The first-order chi connectivity index (χ1) is 15.4. The molecule has 0 radical (unpaired) electrons. The molecule has 1 aliphatic heterocycles. The van der Waals surface area contributed by atoms with Crippen LogP contribution in [0.3, 0.4) is 0 Å². The van der Waals surface area contributed by atoms with E-state index in [2.05, 4.69) is 102 Å². The van der Waals surface area contributed by atoms with Gasteiger partial charge in [0.15, 0.2) is 5.11 Å². The molecule has 1 aliphatic rings. The van der Waals surface area contributed by atoms with Crippen LogP contribution < -0.4 is 5.32 Å². The summed E-state index contributed by atoms with van der Waals surface area (Å²) in [4.78, 5) is 9.26. The van der Waals surface area contributed by atoms with E-state index in [1.54, 1.807) is 0 Å². The Balaban J connectivity index is 1.77. The maximum absolute atomic E-state index is 5.83. The molecule has 6 heteroatoms. The second-order valence-electron chi connectivity index (χ2n) is 8.98. The number of aryl methyl sites for hydroxylation is 2. The van der Waals surface area contributed by atoms with Gasteiger partial charge in [0, 0.05) is 29.8 Å². The van der Waals surface area contributed by atoms with Crippen LogP contribution in [0.4, 0.5) is 0 Å². The Labute approximate surface area is 197 Å². The van der Waals surface area contributed by atoms with Crippen molar-refractivity contribution in [3.63, 3.8) is 0 Å². The molecule has 2 aromatic heterocycles. The largest absolute Gasteiger partial charge is 0.352 e. The van der Waals surface area contributed by atoms with E-state index >= 15 is 0 Å². The van der Waals surface area contributed by atoms with Crippen molar-refractivity contribution in [1.82, 2.24) is 24.7 Å². The van der Waals surface area contributed by atoms with E-state index in [1.165, 1.54) is 28.2 Å². The van der Waals surface area contributed by atoms with E-state index in [1.807, 2.05) is 12.3 Å². The molecule has 0 amide bonds. The SMILES string of the molecule is Cc1cccc(-n2c(C)cc([C@H]3[C@@H](c4ccccn4)NC(=S)N3CCCN(C)C)c2C)c1. The third kappa shape index (κ3) is 4.43. The number of benzene rings is 1. The molecule has 32 heavy (non-hydrogen) atoms. The fourth-order valence-corrected chi connectivity index (χ4v) is 5.13. The summed E-state index contributed by atoms with van der Waals surface area (Å²) >= 11 is 5.83. The van der Waals surface area contributed by atoms with Gasteiger partial charge in [0.05, 0.1) is 17.8 Å². The lowest BCUT2D eigenvalue weighted by Gasteiger charge is -2.28. The van der Waals surface area contributed by atoms with Gasteiger partial charge in [-0.3, -0.25) is 4.98 Å². The van der Waals surface area contributed by atoms with Gasteiger partial charge in [-0.2, -0.15) is 0 Å². The van der Waals surface area contributed by atoms with Crippen LogP contribution in [0.1, 0.15) is 46.7 Å². The van der Waals surface area contributed by atoms with Crippen LogP contribution in [0.15, 0.2) is 54.7 Å². The summed E-state index contributed by atoms with van der Waals surface area (Å²) in [7, 11) is 4.23. The van der Waals surface area contributed by atoms with Crippen LogP contribution in [0, 0.1) is 20.8 Å². The molecule has 0 aliphatic carbocycles. The van der Waals surface area contributed by atoms with Crippen molar-refractivity contribution in [2.45, 2.75) is 39.3 Å². The highest BCUT2D eigenvalue weighted by atomic mass is 32.1. The highest BCUT2D eigenvalue weighted by Crippen LogP contribution is 2.41. The lowest BCUT2D eigenvalue weighted by atomic mass is 9.96. The Hall–Kier alpha value is -2.70. The van der Waals surface area contributed by atoms with E-state index in [4.69, 9.17) is 12.2 Å². The van der Waals surface area contributed by atoms with Crippen molar-refractivity contribution >= 4 is 17.3 Å². The molecule has 0 bridgehead atoms. The van der Waals surface area contributed by atoms with Crippen LogP contribution in [-0.2, 0) is 0 Å². The van der Waals surface area contributed by atoms with Gasteiger partial charge < -0.3 is 19.7 Å². The van der Waals surface area contributed by atoms with Crippen LogP contribution >= 0.6 is 12.2 Å². The molecular formula is C26H33N5S. The lowest BCUT2D eigenvalue weighted by molar-refractivity contribution is 0.292. The highest BCUT2D eigenvalue weighted by molar-refractivity contribution is 7.80. The molecule has 4 rings (SSSR count). The molecule has 1 aromatic carbocycles. The Morgan fingerprint density at radius 2 is 1.88 bits per heavy atom. The van der Waals surface area contributed by atoms with Crippen molar-refractivity contribution < 1.29 is 0 Å². The number of hydrogen-bond donors (Lipinski definition) is 1. The van der Waals surface area contributed by atoms with E-state index in [-0.39, 0.29) is 12.1 Å². The molecular weight excluding hydrogens is 414 g/mol. The molecule has 2 atom stereocenters. The summed E-state index contributed by atoms with van der Waals surface area (Å²) < 4.78 is 2.36. The summed E-state index contributed by atoms with van der Waals surface area (Å²) in [6, 6.07) is 17.2. The number of nitrogens with one attached hydrogen (secondary N) is 1. The molecule has 5 nitrogen and oxygen atoms in total. The van der Waals surface area contributed by atoms with E-state index < -0.39 is 0 Å². The van der Waals surface area contributed by atoms with Gasteiger partial charge >= 0.3 is 0 Å². The molecule has 0 spiro atoms. The van der Waals surface area contributed by atoms with Crippen LogP contribution in [0.2, 0.25) is 0 Å². The Bertz CT molecular complexity index is 1090. The van der Waals surface area contributed by atoms with Gasteiger partial charge in [-0.1, -0.05) is 18.2 Å². The monoisotopic (exact) mass is 447 g/mol. The van der Waals surface area contributed by atoms with Crippen LogP contribution in [0.5, 0.6) is 0 Å². The second kappa shape index (κ2) is 9.43. The number of nitrogens with zero attached hydrogens (tertiary/aromatic N) is 4. The minimum absolute atomic E-state index is 0.0227. The van der Waals surface area contributed by atoms with Gasteiger partial charge in [0.25, 0.3) is 0 Å². The van der Waals surface area contributed by atoms with Crippen molar-refractivity contribution in [2.75, 3.05) is 27.2 Å². The third-order valence-corrected chi connectivity index (χ3v) is 6.60. The molecule has 1 saturated heterocycles. The zero-order chi connectivity index (χ0) is 22.8. The molecule has 3 aromatic rings. The van der Waals surface area contributed by atoms with Crippen molar-refractivity contribution in [2.24, 2.45) is 0 Å². The quantitative estimate of drug-likeness (QED) is 0.530. The predicted molar refractivity (Wildman–Crippen MR) is 135 cm³/mol. The fraction of sp³-hybridized carbons (Fsp3) is 0.385. The predicted octanol–water partition coefficient (Wildman–Crippen LogP) is 4.72. The minimum Gasteiger partial charge on any atom is -0.352 e. The number of thiocarbonyl (C=S) groups is 1. The average Bonchev–Trinajstić information content (AvgIpc) is 3.24. The first kappa shape index (κ1) is 22.5. The standard InChI is InChI=1S/C26H33N5S/c1-18-10-8-11-21(16-18)31-19(2)17-22(20(31)3)25-24(23-12-6-7-13-27-23)28-26(32)30(25)15-9-14-29(4)5/h6-8,10-13,16-17,24-25H,9,14-15H2,1-5H3,(H,28,32)/t24-,25+/m1/s1. The summed E-state index contributed by atoms with van der Waals surface area (Å²) in [5.74, 6) is 0. The maximum atomic E-state index is 5.83. The molecule has 1 fully saturated rings. The topological polar surface area (TPSA) is 36.3 Å². The zero-order valence-electron chi connectivity index (χ0n) is 19.7. The normalized spacial score (nSPS) is 18.4. The molecule has 3 heterocycles. The Morgan fingerprint density at radius 1 is 1.06 bits per heavy atom. The van der Waals surface area contributed by atoms with Crippen molar-refractivity contribution in [3.05, 3.63) is 82.9 Å². The van der Waals surface area contributed by atoms with Crippen molar-refractivity contribution in [3.8, 4) is 5.69 Å². The van der Waals surface area contributed by atoms with Crippen LogP contribution in [0.25, 0.3) is 5.69 Å². The fourth-order valence-electron chi connectivity index (χ4n) is 4.79. The number of rotatable bonds is 7. The Morgan fingerprint density at radius 3 is 2.56 bits per heavy atom. The first-order valence-electron chi connectivity index (χ1n) is 11.3. The summed E-state index contributed by atoms with van der Waals surface area (Å²) in [5.41, 5.74) is 7.27. The molecule has 0 unspecified atom stereocenters. The van der Waals surface area contributed by atoms with E-state index in [9.17, 15) is 0 Å². The van der Waals surface area contributed by atoms with Crippen LogP contribution in [-0.4, -0.2) is 51.6 Å². The average molecular weight is 448 g/mol. The Kier molecular flexibility index (Phi) is 6.63. The molecule has 0 saturated carbocycles. The molecule has 168 valence electrons. The van der Waals surface area contributed by atoms with Gasteiger partial charge in [-0.15, -0.1) is 0 Å². The lowest BCUT2D eigenvalue weighted by Crippen LogP contribution is -2.32. The maximum Gasteiger partial charge on any atom is 0.170 e. The second-order valence-corrected chi connectivity index (χ2v) is 9.36. The summed E-state index contributed by atoms with van der Waals surface area (Å²) in [6.07, 6.45) is 2.92. The number of pyridine rings is 1. The zero-order valence-corrected chi connectivity index (χ0v) is 20.5. The van der Waals surface area contributed by atoms with Gasteiger partial charge in [-0.05, 0) is 102 Å². The van der Waals surface area contributed by atoms with Gasteiger partial charge in [-0.25, -0.2) is 0 Å². The summed E-state index contributed by atoms with van der Waals surface area (Å²) in [5, 5.41) is 4.39. The third-order valence-electron chi connectivity index (χ3n) is 6.25. The van der Waals surface area contributed by atoms with Crippen molar-refractivity contribution in [1.29, 1.82) is 0 Å². The number of hydrogen-bond acceptors (Lipinski definition) is 3. The van der Waals surface area contributed by atoms with Gasteiger partial charge in [0.1, 0.15) is 0 Å². The smallest absolute Gasteiger partial charge is 0.170 e. The first-order valence-corrected chi connectivity index (χ1v) is 11.7. The van der Waals surface area contributed by atoms with Gasteiger partial charge in [0.2, 0.25) is 0 Å². The highest BCUT2D eigenvalue weighted by Gasteiger charge is 2.41. The number of aromatic nitrogens is 2. The minimum atomic E-state index is 0.0227. The van der Waals surface area contributed by atoms with E-state index in [0.29, 0.717) is 0 Å². The summed E-state index contributed by atoms with van der Waals surface area (Å²) in [6.45, 7) is 8.49. The van der Waals surface area contributed by atoms with E-state index in [0.717, 1.165) is 30.3 Å². The molecule has 1 N–H and O–H groups in total.